The van der Waals surface area contributed by atoms with Gasteiger partial charge in [0.05, 0.1) is 18.1 Å². The van der Waals surface area contributed by atoms with Crippen molar-refractivity contribution in [3.8, 4) is 50.2 Å². The van der Waals surface area contributed by atoms with Gasteiger partial charge in [0.1, 0.15) is 0 Å². The van der Waals surface area contributed by atoms with E-state index in [1.54, 1.807) is 0 Å². The highest BCUT2D eigenvalue weighted by atomic mass is 15.1. The number of anilines is 3. The first kappa shape index (κ1) is 32.0. The van der Waals surface area contributed by atoms with Crippen LogP contribution in [0.4, 0.5) is 17.1 Å². The normalized spacial score (nSPS) is 11.5. The Labute approximate surface area is 329 Å². The molecule has 0 spiro atoms. The van der Waals surface area contributed by atoms with Gasteiger partial charge in [0.25, 0.3) is 0 Å². The van der Waals surface area contributed by atoms with Crippen molar-refractivity contribution in [2.75, 3.05) is 4.90 Å². The number of hydrogen-bond acceptors (Lipinski definition) is 1. The van der Waals surface area contributed by atoms with E-state index < -0.39 is 0 Å². The standard InChI is InChI=1S/C54H38N2/c1-4-16-39(17-5-1)41-30-34-46(35-31-41)55(47-36-32-42(33-37-47)40-18-6-2-7-19-40)51-27-12-10-24-48(51)43-20-14-21-44(38-43)49-26-15-29-53-54(49)50-25-11-13-28-52(50)56(53)45-22-8-3-9-23-45/h1-38H/i1D. The molecule has 9 aromatic carbocycles. The number of para-hydroxylation sites is 3. The van der Waals surface area contributed by atoms with Crippen LogP contribution in [0.5, 0.6) is 0 Å². The molecule has 0 saturated heterocycles. The maximum atomic E-state index is 7.95. The Bertz CT molecular complexity index is 2980. The van der Waals surface area contributed by atoms with Gasteiger partial charge in [0, 0.05) is 33.4 Å². The first-order valence-electron chi connectivity index (χ1n) is 19.6. The molecule has 0 N–H and O–H groups in total. The first-order valence-corrected chi connectivity index (χ1v) is 19.1. The topological polar surface area (TPSA) is 8.17 Å². The van der Waals surface area contributed by atoms with Crippen molar-refractivity contribution in [3.63, 3.8) is 0 Å². The molecule has 264 valence electrons. The van der Waals surface area contributed by atoms with Gasteiger partial charge < -0.3 is 9.47 Å². The Kier molecular flexibility index (Phi) is 8.26. The third kappa shape index (κ3) is 6.04. The summed E-state index contributed by atoms with van der Waals surface area (Å²) in [6, 6.07) is 80.2. The Balaban J connectivity index is 1.11. The summed E-state index contributed by atoms with van der Waals surface area (Å²) in [6.07, 6.45) is 0. The zero-order valence-electron chi connectivity index (χ0n) is 31.8. The molecule has 2 nitrogen and oxygen atoms in total. The summed E-state index contributed by atoms with van der Waals surface area (Å²) in [6.45, 7) is 0. The van der Waals surface area contributed by atoms with Gasteiger partial charge in [0.2, 0.25) is 0 Å². The van der Waals surface area contributed by atoms with Crippen molar-refractivity contribution in [2.45, 2.75) is 0 Å². The quantitative estimate of drug-likeness (QED) is 0.152. The van der Waals surface area contributed by atoms with Crippen molar-refractivity contribution in [1.82, 2.24) is 4.57 Å². The fourth-order valence-corrected chi connectivity index (χ4v) is 8.13. The second-order valence-corrected chi connectivity index (χ2v) is 14.1. The summed E-state index contributed by atoms with van der Waals surface area (Å²) in [5.41, 5.74) is 16.0. The lowest BCUT2D eigenvalue weighted by Crippen LogP contribution is -2.11. The molecule has 2 heteroatoms. The van der Waals surface area contributed by atoms with Crippen LogP contribution in [0.25, 0.3) is 72.0 Å². The lowest BCUT2D eigenvalue weighted by molar-refractivity contribution is 1.18. The van der Waals surface area contributed by atoms with Gasteiger partial charge in [-0.2, -0.15) is 0 Å². The molecule has 0 fully saturated rings. The smallest absolute Gasteiger partial charge is 0.0623 e. The van der Waals surface area contributed by atoms with Crippen LogP contribution in [-0.4, -0.2) is 4.57 Å². The summed E-state index contributed by atoms with van der Waals surface area (Å²) >= 11 is 0. The zero-order chi connectivity index (χ0) is 38.1. The molecule has 0 aliphatic heterocycles. The first-order chi connectivity index (χ1) is 28.2. The molecule has 0 saturated carbocycles. The minimum atomic E-state index is 0.511. The maximum absolute atomic E-state index is 7.95. The van der Waals surface area contributed by atoms with Crippen molar-refractivity contribution < 1.29 is 1.37 Å². The van der Waals surface area contributed by atoms with E-state index in [4.69, 9.17) is 1.37 Å². The van der Waals surface area contributed by atoms with Gasteiger partial charge in [-0.25, -0.2) is 0 Å². The van der Waals surface area contributed by atoms with Gasteiger partial charge >= 0.3 is 0 Å². The predicted octanol–water partition coefficient (Wildman–Crippen LogP) is 14.9. The van der Waals surface area contributed by atoms with Gasteiger partial charge in [-0.15, -0.1) is 0 Å². The molecule has 0 aliphatic rings. The number of aromatic nitrogens is 1. The van der Waals surface area contributed by atoms with Gasteiger partial charge in [-0.05, 0) is 99.6 Å². The Morgan fingerprint density at radius 2 is 0.839 bits per heavy atom. The Hall–Kier alpha value is -7.42. The Morgan fingerprint density at radius 3 is 1.54 bits per heavy atom. The van der Waals surface area contributed by atoms with Crippen molar-refractivity contribution in [3.05, 3.63) is 230 Å². The molecule has 0 bridgehead atoms. The van der Waals surface area contributed by atoms with Crippen LogP contribution >= 0.6 is 0 Å². The van der Waals surface area contributed by atoms with E-state index in [9.17, 15) is 0 Å². The summed E-state index contributed by atoms with van der Waals surface area (Å²) in [4.78, 5) is 2.36. The molecule has 0 atom stereocenters. The van der Waals surface area contributed by atoms with Crippen LogP contribution in [0, 0.1) is 0 Å². The zero-order valence-corrected chi connectivity index (χ0v) is 30.8. The van der Waals surface area contributed by atoms with E-state index in [1.807, 2.05) is 24.3 Å². The highest BCUT2D eigenvalue weighted by Crippen LogP contribution is 2.44. The number of benzene rings is 9. The van der Waals surface area contributed by atoms with Crippen LogP contribution in [-0.2, 0) is 0 Å². The van der Waals surface area contributed by atoms with E-state index in [2.05, 4.69) is 210 Å². The van der Waals surface area contributed by atoms with Crippen LogP contribution in [0.3, 0.4) is 0 Å². The van der Waals surface area contributed by atoms with E-state index in [0.29, 0.717) is 6.04 Å². The largest absolute Gasteiger partial charge is 0.310 e. The lowest BCUT2D eigenvalue weighted by atomic mass is 9.94. The minimum absolute atomic E-state index is 0.511. The summed E-state index contributed by atoms with van der Waals surface area (Å²) < 4.78 is 10.3. The van der Waals surface area contributed by atoms with Crippen molar-refractivity contribution >= 4 is 38.9 Å². The number of fused-ring (bicyclic) bond motifs is 3. The number of rotatable bonds is 8. The minimum Gasteiger partial charge on any atom is -0.310 e. The fourth-order valence-electron chi connectivity index (χ4n) is 8.13. The third-order valence-electron chi connectivity index (χ3n) is 10.8. The van der Waals surface area contributed by atoms with Crippen LogP contribution in [0.15, 0.2) is 230 Å². The molecule has 10 rings (SSSR count). The lowest BCUT2D eigenvalue weighted by Gasteiger charge is -2.28. The van der Waals surface area contributed by atoms with E-state index >= 15 is 0 Å². The third-order valence-corrected chi connectivity index (χ3v) is 10.8. The average Bonchev–Trinajstić information content (AvgIpc) is 3.63. The molecule has 0 radical (unpaired) electrons. The second kappa shape index (κ2) is 14.4. The summed E-state index contributed by atoms with van der Waals surface area (Å²) in [5.74, 6) is 0. The average molecular weight is 716 g/mol. The van der Waals surface area contributed by atoms with Crippen LogP contribution < -0.4 is 4.90 Å². The van der Waals surface area contributed by atoms with Gasteiger partial charge in [0.15, 0.2) is 0 Å². The van der Waals surface area contributed by atoms with Crippen LogP contribution in [0.2, 0.25) is 0 Å². The summed E-state index contributed by atoms with van der Waals surface area (Å²) in [7, 11) is 0. The molecule has 0 amide bonds. The number of hydrogen-bond donors (Lipinski definition) is 0. The highest BCUT2D eigenvalue weighted by Gasteiger charge is 2.20. The summed E-state index contributed by atoms with van der Waals surface area (Å²) in [5, 5.41) is 2.49. The molecule has 0 unspecified atom stereocenters. The highest BCUT2D eigenvalue weighted by molar-refractivity contribution is 6.16. The monoisotopic (exact) mass is 715 g/mol. The SMILES string of the molecule is [2H]c1ccc(-c2ccc(N(c3ccc(-c4ccccc4)cc3)c3ccccc3-c3cccc(-c4cccc5c4c4ccccc4n5-c4ccccc4)c3)cc2)cc1. The molecule has 10 aromatic rings. The Morgan fingerprint density at radius 1 is 0.357 bits per heavy atom. The second-order valence-electron chi connectivity index (χ2n) is 14.1. The van der Waals surface area contributed by atoms with Gasteiger partial charge in [-0.1, -0.05) is 170 Å². The van der Waals surface area contributed by atoms with Crippen molar-refractivity contribution in [1.29, 1.82) is 0 Å². The van der Waals surface area contributed by atoms with E-state index in [1.165, 1.54) is 44.1 Å². The fraction of sp³-hybridized carbons (Fsp3) is 0. The molecule has 0 aliphatic carbocycles. The van der Waals surface area contributed by atoms with Gasteiger partial charge in [-0.3, -0.25) is 0 Å². The molecule has 1 aromatic heterocycles. The predicted molar refractivity (Wildman–Crippen MR) is 237 cm³/mol. The molecular formula is C54H38N2. The van der Waals surface area contributed by atoms with Crippen molar-refractivity contribution in [2.24, 2.45) is 0 Å². The van der Waals surface area contributed by atoms with E-state index in [-0.39, 0.29) is 0 Å². The van der Waals surface area contributed by atoms with E-state index in [0.717, 1.165) is 45.0 Å². The maximum Gasteiger partial charge on any atom is 0.0623 e. The molecular weight excluding hydrogens is 677 g/mol. The molecule has 1 heterocycles. The molecule has 56 heavy (non-hydrogen) atoms. The number of nitrogens with zero attached hydrogens (tertiary/aromatic N) is 2. The van der Waals surface area contributed by atoms with Crippen LogP contribution in [0.1, 0.15) is 1.37 Å².